The molecule has 1 heterocycles. The minimum absolute atomic E-state index is 0.515. The van der Waals surface area contributed by atoms with Crippen LogP contribution in [-0.2, 0) is 4.74 Å². The first kappa shape index (κ1) is 9.78. The molecule has 11 heavy (non-hydrogen) atoms. The predicted molar refractivity (Wildman–Crippen MR) is 56.3 cm³/mol. The van der Waals surface area contributed by atoms with Gasteiger partial charge in [0.25, 0.3) is 0 Å². The summed E-state index contributed by atoms with van der Waals surface area (Å²) in [6.45, 7) is 5.56. The van der Waals surface area contributed by atoms with Gasteiger partial charge in [-0.3, -0.25) is 0 Å². The largest absolute Gasteiger partial charge is 0.377 e. The van der Waals surface area contributed by atoms with Crippen LogP contribution in [0.5, 0.6) is 0 Å². The van der Waals surface area contributed by atoms with Crippen molar-refractivity contribution in [3.05, 3.63) is 0 Å². The number of hydrogen-bond acceptors (Lipinski definition) is 1. The lowest BCUT2D eigenvalue weighted by Gasteiger charge is -2.30. The molecule has 0 aromatic rings. The monoisotopic (exact) mass is 268 g/mol. The summed E-state index contributed by atoms with van der Waals surface area (Å²) in [5, 5.41) is 0. The van der Waals surface area contributed by atoms with Crippen LogP contribution < -0.4 is 0 Å². The molecule has 1 aliphatic rings. The van der Waals surface area contributed by atoms with Gasteiger partial charge >= 0.3 is 0 Å². The third-order valence-corrected chi connectivity index (χ3v) is 3.95. The van der Waals surface area contributed by atoms with Gasteiger partial charge in [0.1, 0.15) is 0 Å². The van der Waals surface area contributed by atoms with Crippen molar-refractivity contribution in [2.24, 2.45) is 5.41 Å². The molecule has 1 atom stereocenters. The maximum atomic E-state index is 5.69. The van der Waals surface area contributed by atoms with Crippen molar-refractivity contribution in [1.82, 2.24) is 0 Å². The van der Waals surface area contributed by atoms with E-state index in [9.17, 15) is 0 Å². The number of ether oxygens (including phenoxy) is 1. The molecule has 1 nitrogen and oxygen atoms in total. The zero-order valence-electron chi connectivity index (χ0n) is 7.40. The van der Waals surface area contributed by atoms with E-state index in [2.05, 4.69) is 36.4 Å². The number of rotatable bonds is 3. The molecule has 0 radical (unpaired) electrons. The zero-order chi connectivity index (χ0) is 8.32. The lowest BCUT2D eigenvalue weighted by atomic mass is 9.77. The zero-order valence-corrected chi connectivity index (χ0v) is 9.56. The van der Waals surface area contributed by atoms with E-state index in [0.29, 0.717) is 11.5 Å². The number of alkyl halides is 1. The SMILES string of the molecule is CCC1(CC)CCOC1CI. The van der Waals surface area contributed by atoms with Crippen molar-refractivity contribution in [2.75, 3.05) is 11.0 Å². The van der Waals surface area contributed by atoms with E-state index in [1.807, 2.05) is 0 Å². The Labute approximate surface area is 83.0 Å². The lowest BCUT2D eigenvalue weighted by Crippen LogP contribution is -2.30. The summed E-state index contributed by atoms with van der Waals surface area (Å²) >= 11 is 2.44. The Hall–Kier alpha value is 0.690. The molecule has 0 spiro atoms. The molecule has 1 aliphatic heterocycles. The Morgan fingerprint density at radius 1 is 1.45 bits per heavy atom. The molecule has 1 fully saturated rings. The van der Waals surface area contributed by atoms with Crippen LogP contribution in [0.1, 0.15) is 33.1 Å². The van der Waals surface area contributed by atoms with Crippen LogP contribution in [0.25, 0.3) is 0 Å². The molecule has 0 N–H and O–H groups in total. The summed E-state index contributed by atoms with van der Waals surface area (Å²) in [6, 6.07) is 0. The summed E-state index contributed by atoms with van der Waals surface area (Å²) in [5.41, 5.74) is 0.515. The molecular weight excluding hydrogens is 251 g/mol. The summed E-state index contributed by atoms with van der Waals surface area (Å²) in [5.74, 6) is 0. The van der Waals surface area contributed by atoms with Crippen LogP contribution in [0.4, 0.5) is 0 Å². The highest BCUT2D eigenvalue weighted by Gasteiger charge is 2.40. The topological polar surface area (TPSA) is 9.23 Å². The van der Waals surface area contributed by atoms with Gasteiger partial charge in [-0.25, -0.2) is 0 Å². The molecule has 1 rings (SSSR count). The van der Waals surface area contributed by atoms with Gasteiger partial charge < -0.3 is 4.74 Å². The van der Waals surface area contributed by atoms with E-state index in [0.717, 1.165) is 11.0 Å². The number of halogens is 1. The van der Waals surface area contributed by atoms with Crippen LogP contribution in [0, 0.1) is 5.41 Å². The van der Waals surface area contributed by atoms with Crippen molar-refractivity contribution in [2.45, 2.75) is 39.2 Å². The maximum absolute atomic E-state index is 5.69. The molecule has 0 bridgehead atoms. The van der Waals surface area contributed by atoms with Crippen LogP contribution in [0.15, 0.2) is 0 Å². The van der Waals surface area contributed by atoms with Crippen LogP contribution in [0.3, 0.4) is 0 Å². The van der Waals surface area contributed by atoms with Gasteiger partial charge in [0.15, 0.2) is 0 Å². The standard InChI is InChI=1S/C9H17IO/c1-3-9(4-2)5-6-11-8(9)7-10/h8H,3-7H2,1-2H3. The first-order valence-electron chi connectivity index (χ1n) is 4.46. The second-order valence-electron chi connectivity index (χ2n) is 3.33. The molecule has 0 aromatic carbocycles. The molecule has 66 valence electrons. The normalized spacial score (nSPS) is 29.2. The summed E-state index contributed by atoms with van der Waals surface area (Å²) < 4.78 is 6.84. The summed E-state index contributed by atoms with van der Waals surface area (Å²) in [6.07, 6.45) is 4.35. The summed E-state index contributed by atoms with van der Waals surface area (Å²) in [4.78, 5) is 0. The lowest BCUT2D eigenvalue weighted by molar-refractivity contribution is 0.0652. The van der Waals surface area contributed by atoms with Crippen molar-refractivity contribution in [1.29, 1.82) is 0 Å². The average molecular weight is 268 g/mol. The van der Waals surface area contributed by atoms with Gasteiger partial charge in [-0.15, -0.1) is 0 Å². The van der Waals surface area contributed by atoms with E-state index in [4.69, 9.17) is 4.74 Å². The molecule has 2 heteroatoms. The first-order chi connectivity index (χ1) is 5.29. The van der Waals surface area contributed by atoms with Gasteiger partial charge in [0, 0.05) is 11.0 Å². The molecule has 0 amide bonds. The van der Waals surface area contributed by atoms with Crippen LogP contribution in [0.2, 0.25) is 0 Å². The minimum atomic E-state index is 0.515. The summed E-state index contributed by atoms with van der Waals surface area (Å²) in [7, 11) is 0. The fourth-order valence-electron chi connectivity index (χ4n) is 2.01. The molecular formula is C9H17IO. The second-order valence-corrected chi connectivity index (χ2v) is 4.21. The fraction of sp³-hybridized carbons (Fsp3) is 1.00. The van der Waals surface area contributed by atoms with E-state index < -0.39 is 0 Å². The second kappa shape index (κ2) is 4.08. The average Bonchev–Trinajstić information content (AvgIpc) is 2.47. The Morgan fingerprint density at radius 3 is 2.45 bits per heavy atom. The first-order valence-corrected chi connectivity index (χ1v) is 5.99. The molecule has 0 aliphatic carbocycles. The van der Waals surface area contributed by atoms with Crippen LogP contribution >= 0.6 is 22.6 Å². The third kappa shape index (κ3) is 1.72. The van der Waals surface area contributed by atoms with Crippen molar-refractivity contribution < 1.29 is 4.74 Å². The highest BCUT2D eigenvalue weighted by atomic mass is 127. The molecule has 1 saturated heterocycles. The Bertz CT molecular complexity index is 121. The smallest absolute Gasteiger partial charge is 0.0721 e. The quantitative estimate of drug-likeness (QED) is 0.564. The highest BCUT2D eigenvalue weighted by Crippen LogP contribution is 2.41. The van der Waals surface area contributed by atoms with Crippen molar-refractivity contribution in [3.63, 3.8) is 0 Å². The Kier molecular flexibility index (Phi) is 3.62. The Morgan fingerprint density at radius 2 is 2.09 bits per heavy atom. The predicted octanol–water partition coefficient (Wildman–Crippen LogP) is 3.02. The molecule has 0 aromatic heterocycles. The van der Waals surface area contributed by atoms with Gasteiger partial charge in [-0.1, -0.05) is 36.4 Å². The van der Waals surface area contributed by atoms with Gasteiger partial charge in [-0.2, -0.15) is 0 Å². The minimum Gasteiger partial charge on any atom is -0.377 e. The number of hydrogen-bond donors (Lipinski definition) is 0. The van der Waals surface area contributed by atoms with Crippen LogP contribution in [-0.4, -0.2) is 17.1 Å². The van der Waals surface area contributed by atoms with E-state index in [1.165, 1.54) is 19.3 Å². The van der Waals surface area contributed by atoms with E-state index in [-0.39, 0.29) is 0 Å². The van der Waals surface area contributed by atoms with Gasteiger partial charge in [-0.05, 0) is 24.7 Å². The van der Waals surface area contributed by atoms with E-state index in [1.54, 1.807) is 0 Å². The molecule has 0 saturated carbocycles. The van der Waals surface area contributed by atoms with Crippen molar-refractivity contribution in [3.8, 4) is 0 Å². The maximum Gasteiger partial charge on any atom is 0.0721 e. The van der Waals surface area contributed by atoms with E-state index >= 15 is 0 Å². The highest BCUT2D eigenvalue weighted by molar-refractivity contribution is 14.1. The molecule has 1 unspecified atom stereocenters. The van der Waals surface area contributed by atoms with Gasteiger partial charge in [0.2, 0.25) is 0 Å². The fourth-order valence-corrected chi connectivity index (χ4v) is 3.20. The third-order valence-electron chi connectivity index (χ3n) is 3.15. The van der Waals surface area contributed by atoms with Crippen molar-refractivity contribution >= 4 is 22.6 Å². The van der Waals surface area contributed by atoms with Gasteiger partial charge in [0.05, 0.1) is 6.10 Å². The Balaban J connectivity index is 2.63.